The number of rotatable bonds is 2. The zero-order valence-electron chi connectivity index (χ0n) is 5.63. The van der Waals surface area contributed by atoms with Crippen molar-refractivity contribution in [2.45, 2.75) is 19.4 Å². The molecule has 0 spiro atoms. The van der Waals surface area contributed by atoms with Gasteiger partial charge in [-0.1, -0.05) is 6.92 Å². The topological polar surface area (TPSA) is 47.6 Å². The molecule has 0 bridgehead atoms. The normalized spacial score (nSPS) is 25.6. The van der Waals surface area contributed by atoms with Gasteiger partial charge in [0.15, 0.2) is 5.90 Å². The van der Waals surface area contributed by atoms with Crippen molar-refractivity contribution in [3.63, 3.8) is 0 Å². The van der Waals surface area contributed by atoms with Crippen LogP contribution in [0.4, 0.5) is 0 Å². The monoisotopic (exact) mass is 128 g/mol. The lowest BCUT2D eigenvalue weighted by Gasteiger charge is -1.96. The SMILES string of the molecule is CCC1=NC(CN)CO1. The lowest BCUT2D eigenvalue weighted by molar-refractivity contribution is 0.312. The Hall–Kier alpha value is -0.570. The molecule has 3 heteroatoms. The fourth-order valence-corrected chi connectivity index (χ4v) is 0.785. The van der Waals surface area contributed by atoms with Crippen LogP contribution >= 0.6 is 0 Å². The van der Waals surface area contributed by atoms with E-state index < -0.39 is 0 Å². The van der Waals surface area contributed by atoms with E-state index >= 15 is 0 Å². The summed E-state index contributed by atoms with van der Waals surface area (Å²) < 4.78 is 5.18. The van der Waals surface area contributed by atoms with Gasteiger partial charge in [0.05, 0.1) is 6.04 Å². The second kappa shape index (κ2) is 2.82. The molecule has 0 radical (unpaired) electrons. The fraction of sp³-hybridized carbons (Fsp3) is 0.833. The van der Waals surface area contributed by atoms with Crippen LogP contribution in [0.1, 0.15) is 13.3 Å². The van der Waals surface area contributed by atoms with Gasteiger partial charge >= 0.3 is 0 Å². The molecule has 52 valence electrons. The standard InChI is InChI=1S/C6H12N2O/c1-2-6-8-5(3-7)4-9-6/h5H,2-4,7H2,1H3. The summed E-state index contributed by atoms with van der Waals surface area (Å²) in [6, 6.07) is 0.222. The fourth-order valence-electron chi connectivity index (χ4n) is 0.785. The van der Waals surface area contributed by atoms with Crippen LogP contribution in [-0.4, -0.2) is 25.1 Å². The maximum absolute atomic E-state index is 5.36. The Kier molecular flexibility index (Phi) is 2.05. The summed E-state index contributed by atoms with van der Waals surface area (Å²) in [4.78, 5) is 4.19. The van der Waals surface area contributed by atoms with Crippen LogP contribution < -0.4 is 5.73 Å². The van der Waals surface area contributed by atoms with E-state index in [1.54, 1.807) is 0 Å². The molecule has 0 aromatic heterocycles. The van der Waals surface area contributed by atoms with Gasteiger partial charge in [-0.2, -0.15) is 0 Å². The Morgan fingerprint density at radius 1 is 1.89 bits per heavy atom. The molecule has 3 nitrogen and oxygen atoms in total. The van der Waals surface area contributed by atoms with Crippen molar-refractivity contribution in [1.82, 2.24) is 0 Å². The van der Waals surface area contributed by atoms with Crippen molar-refractivity contribution < 1.29 is 4.74 Å². The number of hydrogen-bond acceptors (Lipinski definition) is 3. The van der Waals surface area contributed by atoms with E-state index in [2.05, 4.69) is 4.99 Å². The van der Waals surface area contributed by atoms with Crippen LogP contribution in [0.3, 0.4) is 0 Å². The number of aliphatic imine (C=N–C) groups is 1. The van der Waals surface area contributed by atoms with Crippen LogP contribution in [0.15, 0.2) is 4.99 Å². The molecule has 0 aromatic rings. The molecular formula is C6H12N2O. The summed E-state index contributed by atoms with van der Waals surface area (Å²) in [5, 5.41) is 0. The van der Waals surface area contributed by atoms with Gasteiger partial charge in [-0.25, -0.2) is 4.99 Å². The number of hydrogen-bond donors (Lipinski definition) is 1. The Labute approximate surface area is 54.9 Å². The maximum Gasteiger partial charge on any atom is 0.183 e. The number of nitrogens with zero attached hydrogens (tertiary/aromatic N) is 1. The third-order valence-electron chi connectivity index (χ3n) is 1.34. The minimum Gasteiger partial charge on any atom is -0.479 e. The first kappa shape index (κ1) is 6.55. The molecule has 0 aliphatic carbocycles. The van der Waals surface area contributed by atoms with Gasteiger partial charge in [0.1, 0.15) is 6.61 Å². The molecule has 1 heterocycles. The zero-order valence-corrected chi connectivity index (χ0v) is 5.63. The van der Waals surface area contributed by atoms with Crippen LogP contribution in [0, 0.1) is 0 Å². The van der Waals surface area contributed by atoms with Crippen LogP contribution in [-0.2, 0) is 4.74 Å². The molecular weight excluding hydrogens is 116 g/mol. The average Bonchev–Trinajstić information content (AvgIpc) is 2.34. The molecule has 1 atom stereocenters. The molecule has 0 amide bonds. The van der Waals surface area contributed by atoms with E-state index in [1.807, 2.05) is 6.92 Å². The van der Waals surface area contributed by atoms with E-state index in [4.69, 9.17) is 10.5 Å². The smallest absolute Gasteiger partial charge is 0.183 e. The van der Waals surface area contributed by atoms with Gasteiger partial charge in [0, 0.05) is 13.0 Å². The number of nitrogens with two attached hydrogens (primary N) is 1. The van der Waals surface area contributed by atoms with Gasteiger partial charge < -0.3 is 10.5 Å². The van der Waals surface area contributed by atoms with Gasteiger partial charge in [-0.15, -0.1) is 0 Å². The lowest BCUT2D eigenvalue weighted by Crippen LogP contribution is -2.18. The predicted molar refractivity (Wildman–Crippen MR) is 36.5 cm³/mol. The molecule has 1 aliphatic rings. The Morgan fingerprint density at radius 2 is 2.67 bits per heavy atom. The molecule has 0 saturated heterocycles. The highest BCUT2D eigenvalue weighted by atomic mass is 16.5. The first-order valence-electron chi connectivity index (χ1n) is 3.26. The summed E-state index contributed by atoms with van der Waals surface area (Å²) in [6.45, 7) is 3.31. The first-order valence-corrected chi connectivity index (χ1v) is 3.26. The van der Waals surface area contributed by atoms with Gasteiger partial charge in [0.2, 0.25) is 0 Å². The second-order valence-corrected chi connectivity index (χ2v) is 2.08. The summed E-state index contributed by atoms with van der Waals surface area (Å²) in [7, 11) is 0. The largest absolute Gasteiger partial charge is 0.479 e. The summed E-state index contributed by atoms with van der Waals surface area (Å²) in [6.07, 6.45) is 0.885. The van der Waals surface area contributed by atoms with Crippen molar-refractivity contribution in [2.24, 2.45) is 10.7 Å². The minimum absolute atomic E-state index is 0.222. The van der Waals surface area contributed by atoms with Crippen LogP contribution in [0.2, 0.25) is 0 Å². The summed E-state index contributed by atoms with van der Waals surface area (Å²) in [5.74, 6) is 0.852. The van der Waals surface area contributed by atoms with Crippen molar-refractivity contribution in [3.8, 4) is 0 Å². The number of ether oxygens (including phenoxy) is 1. The Morgan fingerprint density at radius 3 is 3.00 bits per heavy atom. The minimum atomic E-state index is 0.222. The van der Waals surface area contributed by atoms with Gasteiger partial charge in [-0.3, -0.25) is 0 Å². The van der Waals surface area contributed by atoms with E-state index in [9.17, 15) is 0 Å². The highest BCUT2D eigenvalue weighted by Crippen LogP contribution is 2.04. The zero-order chi connectivity index (χ0) is 6.69. The highest BCUT2D eigenvalue weighted by molar-refractivity contribution is 5.77. The van der Waals surface area contributed by atoms with E-state index in [1.165, 1.54) is 0 Å². The third-order valence-corrected chi connectivity index (χ3v) is 1.34. The van der Waals surface area contributed by atoms with Gasteiger partial charge in [-0.05, 0) is 0 Å². The van der Waals surface area contributed by atoms with Crippen LogP contribution in [0.25, 0.3) is 0 Å². The maximum atomic E-state index is 5.36. The second-order valence-electron chi connectivity index (χ2n) is 2.08. The Bertz CT molecular complexity index is 122. The van der Waals surface area contributed by atoms with Crippen LogP contribution in [0.5, 0.6) is 0 Å². The molecule has 9 heavy (non-hydrogen) atoms. The predicted octanol–water partition coefficient (Wildman–Crippen LogP) is 0.152. The third kappa shape index (κ3) is 1.42. The van der Waals surface area contributed by atoms with Gasteiger partial charge in [0.25, 0.3) is 0 Å². The van der Waals surface area contributed by atoms with E-state index in [0.29, 0.717) is 13.2 Å². The van der Waals surface area contributed by atoms with Crippen molar-refractivity contribution in [2.75, 3.05) is 13.2 Å². The van der Waals surface area contributed by atoms with Crippen molar-refractivity contribution in [1.29, 1.82) is 0 Å². The highest BCUT2D eigenvalue weighted by Gasteiger charge is 2.14. The van der Waals surface area contributed by atoms with Crippen molar-refractivity contribution >= 4 is 5.90 Å². The molecule has 1 rings (SSSR count). The van der Waals surface area contributed by atoms with Crippen molar-refractivity contribution in [3.05, 3.63) is 0 Å². The van der Waals surface area contributed by atoms with E-state index in [0.717, 1.165) is 12.3 Å². The summed E-state index contributed by atoms with van der Waals surface area (Å²) >= 11 is 0. The molecule has 2 N–H and O–H groups in total. The van der Waals surface area contributed by atoms with E-state index in [-0.39, 0.29) is 6.04 Å². The molecule has 1 unspecified atom stereocenters. The molecule has 1 aliphatic heterocycles. The molecule has 0 aromatic carbocycles. The molecule has 0 saturated carbocycles. The average molecular weight is 128 g/mol. The Balaban J connectivity index is 2.40. The first-order chi connectivity index (χ1) is 4.36. The summed E-state index contributed by atoms with van der Waals surface area (Å²) in [5.41, 5.74) is 5.36. The molecule has 0 fully saturated rings. The quantitative estimate of drug-likeness (QED) is 0.575. The lowest BCUT2D eigenvalue weighted by atomic mass is 10.3.